The Kier molecular flexibility index (Phi) is 6.64. The molecule has 1 saturated heterocycles. The fourth-order valence-electron chi connectivity index (χ4n) is 3.92. The zero-order valence-corrected chi connectivity index (χ0v) is 19.5. The first kappa shape index (κ1) is 23.7. The second kappa shape index (κ2) is 9.80. The molecule has 5 amide bonds. The third-order valence-corrected chi connectivity index (χ3v) is 5.95. The number of rotatable bonds is 7. The normalized spacial score (nSPS) is 17.1. The minimum atomic E-state index is -1.26. The van der Waals surface area contributed by atoms with Gasteiger partial charge in [0.15, 0.2) is 0 Å². The van der Waals surface area contributed by atoms with E-state index in [-0.39, 0.29) is 17.2 Å². The van der Waals surface area contributed by atoms with E-state index in [1.54, 1.807) is 43.3 Å². The van der Waals surface area contributed by atoms with Crippen molar-refractivity contribution in [1.29, 1.82) is 0 Å². The Morgan fingerprint density at radius 2 is 1.57 bits per heavy atom. The number of anilines is 1. The van der Waals surface area contributed by atoms with Gasteiger partial charge in [0.1, 0.15) is 12.1 Å². The van der Waals surface area contributed by atoms with Crippen molar-refractivity contribution >= 4 is 29.4 Å². The number of nitrogens with one attached hydrogen (secondary N) is 3. The third kappa shape index (κ3) is 5.06. The number of amides is 5. The Bertz CT molecular complexity index is 1270. The van der Waals surface area contributed by atoms with Crippen LogP contribution < -0.4 is 16.0 Å². The molecule has 0 spiro atoms. The molecule has 35 heavy (non-hydrogen) atoms. The largest absolute Gasteiger partial charge is 0.348 e. The Morgan fingerprint density at radius 3 is 2.29 bits per heavy atom. The summed E-state index contributed by atoms with van der Waals surface area (Å²) in [5, 5.41) is 8.18. The van der Waals surface area contributed by atoms with Gasteiger partial charge in [-0.1, -0.05) is 72.3 Å². The molecule has 0 saturated carbocycles. The summed E-state index contributed by atoms with van der Waals surface area (Å²) in [5.41, 5.74) is 1.90. The summed E-state index contributed by atoms with van der Waals surface area (Å²) in [5.74, 6) is -1.47. The van der Waals surface area contributed by atoms with Gasteiger partial charge in [-0.3, -0.25) is 19.3 Å². The standard InChI is InChI=1S/C27H26N4O4/c1-18-12-14-20(15-13-18)27(2)25(34)31(26(35)30-27)17-23(32)29-22-11-7-6-10-21(22)24(33)28-16-19-8-4-3-5-9-19/h3-15H,16-17H2,1-2H3,(H,28,33)(H,29,32)(H,30,35). The van der Waals surface area contributed by atoms with Gasteiger partial charge >= 0.3 is 6.03 Å². The Hall–Kier alpha value is -4.46. The molecule has 0 aliphatic carbocycles. The van der Waals surface area contributed by atoms with Crippen LogP contribution in [0.25, 0.3) is 0 Å². The van der Waals surface area contributed by atoms with Crippen LogP contribution in [-0.2, 0) is 21.7 Å². The van der Waals surface area contributed by atoms with E-state index < -0.39 is 29.9 Å². The van der Waals surface area contributed by atoms with Crippen molar-refractivity contribution in [1.82, 2.24) is 15.5 Å². The van der Waals surface area contributed by atoms with Crippen LogP contribution in [0.4, 0.5) is 10.5 Å². The van der Waals surface area contributed by atoms with Crippen LogP contribution >= 0.6 is 0 Å². The van der Waals surface area contributed by atoms with E-state index in [0.717, 1.165) is 16.0 Å². The van der Waals surface area contributed by atoms with Gasteiger partial charge in [-0.15, -0.1) is 0 Å². The first-order valence-corrected chi connectivity index (χ1v) is 11.2. The van der Waals surface area contributed by atoms with E-state index in [1.807, 2.05) is 49.4 Å². The van der Waals surface area contributed by atoms with Crippen molar-refractivity contribution in [3.63, 3.8) is 0 Å². The molecule has 1 heterocycles. The highest BCUT2D eigenvalue weighted by Gasteiger charge is 2.49. The van der Waals surface area contributed by atoms with Gasteiger partial charge in [-0.2, -0.15) is 0 Å². The van der Waals surface area contributed by atoms with Crippen LogP contribution in [0.5, 0.6) is 0 Å². The summed E-state index contributed by atoms with van der Waals surface area (Å²) in [6.07, 6.45) is 0. The van der Waals surface area contributed by atoms with Gasteiger partial charge in [0.2, 0.25) is 5.91 Å². The lowest BCUT2D eigenvalue weighted by Gasteiger charge is -2.22. The average Bonchev–Trinajstić information content (AvgIpc) is 3.07. The van der Waals surface area contributed by atoms with Crippen molar-refractivity contribution in [2.45, 2.75) is 25.9 Å². The van der Waals surface area contributed by atoms with E-state index in [0.29, 0.717) is 12.1 Å². The number of hydrogen-bond acceptors (Lipinski definition) is 4. The minimum absolute atomic E-state index is 0.276. The molecule has 8 heteroatoms. The quantitative estimate of drug-likeness (QED) is 0.461. The second-order valence-corrected chi connectivity index (χ2v) is 8.57. The van der Waals surface area contributed by atoms with Crippen molar-refractivity contribution in [3.05, 3.63) is 101 Å². The maximum absolute atomic E-state index is 13.1. The van der Waals surface area contributed by atoms with Crippen LogP contribution in [0.2, 0.25) is 0 Å². The van der Waals surface area contributed by atoms with Crippen molar-refractivity contribution in [3.8, 4) is 0 Å². The molecular formula is C27H26N4O4. The summed E-state index contributed by atoms with van der Waals surface area (Å²) in [6.45, 7) is 3.40. The molecule has 8 nitrogen and oxygen atoms in total. The zero-order valence-electron chi connectivity index (χ0n) is 19.5. The molecule has 178 valence electrons. The van der Waals surface area contributed by atoms with Crippen molar-refractivity contribution in [2.75, 3.05) is 11.9 Å². The average molecular weight is 471 g/mol. The monoisotopic (exact) mass is 470 g/mol. The molecule has 1 aliphatic rings. The fourth-order valence-corrected chi connectivity index (χ4v) is 3.92. The minimum Gasteiger partial charge on any atom is -0.348 e. The first-order valence-electron chi connectivity index (χ1n) is 11.2. The van der Waals surface area contributed by atoms with Crippen LogP contribution in [0.15, 0.2) is 78.9 Å². The summed E-state index contributed by atoms with van der Waals surface area (Å²) in [7, 11) is 0. The SMILES string of the molecule is Cc1ccc(C2(C)NC(=O)N(CC(=O)Nc3ccccc3C(=O)NCc3ccccc3)C2=O)cc1. The fraction of sp³-hybridized carbons (Fsp3) is 0.185. The van der Waals surface area contributed by atoms with Gasteiger partial charge in [-0.05, 0) is 37.1 Å². The number of benzene rings is 3. The maximum atomic E-state index is 13.1. The van der Waals surface area contributed by atoms with E-state index in [4.69, 9.17) is 0 Å². The highest BCUT2D eigenvalue weighted by Crippen LogP contribution is 2.29. The number of imide groups is 1. The summed E-state index contributed by atoms with van der Waals surface area (Å²) in [4.78, 5) is 52.1. The number of nitrogens with zero attached hydrogens (tertiary/aromatic N) is 1. The summed E-state index contributed by atoms with van der Waals surface area (Å²) < 4.78 is 0. The first-order chi connectivity index (χ1) is 16.8. The molecule has 0 radical (unpaired) electrons. The lowest BCUT2D eigenvalue weighted by atomic mass is 9.91. The van der Waals surface area contributed by atoms with Crippen molar-refractivity contribution in [2.24, 2.45) is 0 Å². The molecule has 1 aliphatic heterocycles. The van der Waals surface area contributed by atoms with Crippen LogP contribution in [-0.4, -0.2) is 35.2 Å². The van der Waals surface area contributed by atoms with Crippen molar-refractivity contribution < 1.29 is 19.2 Å². The number of hydrogen-bond donors (Lipinski definition) is 3. The summed E-state index contributed by atoms with van der Waals surface area (Å²) in [6, 6.07) is 22.6. The molecule has 0 aromatic heterocycles. The van der Waals surface area contributed by atoms with E-state index in [1.165, 1.54) is 0 Å². The van der Waals surface area contributed by atoms with Gasteiger partial charge in [-0.25, -0.2) is 4.79 Å². The van der Waals surface area contributed by atoms with Crippen LogP contribution in [0, 0.1) is 6.92 Å². The molecule has 4 rings (SSSR count). The predicted octanol–water partition coefficient (Wildman–Crippen LogP) is 3.33. The highest BCUT2D eigenvalue weighted by atomic mass is 16.2. The number of carbonyl (C=O) groups is 4. The number of urea groups is 1. The van der Waals surface area contributed by atoms with E-state index in [2.05, 4.69) is 16.0 Å². The van der Waals surface area contributed by atoms with Gasteiger partial charge in [0, 0.05) is 6.54 Å². The zero-order chi connectivity index (χ0) is 25.0. The molecule has 1 atom stereocenters. The molecule has 3 aromatic rings. The Balaban J connectivity index is 1.43. The highest BCUT2D eigenvalue weighted by molar-refractivity contribution is 6.11. The summed E-state index contributed by atoms with van der Waals surface area (Å²) >= 11 is 0. The topological polar surface area (TPSA) is 108 Å². The lowest BCUT2D eigenvalue weighted by Crippen LogP contribution is -2.42. The number of carbonyl (C=O) groups excluding carboxylic acids is 4. The van der Waals surface area contributed by atoms with Gasteiger partial charge in [0.05, 0.1) is 11.3 Å². The smallest absolute Gasteiger partial charge is 0.325 e. The second-order valence-electron chi connectivity index (χ2n) is 8.57. The molecule has 1 fully saturated rings. The molecular weight excluding hydrogens is 444 g/mol. The Morgan fingerprint density at radius 1 is 0.914 bits per heavy atom. The van der Waals surface area contributed by atoms with E-state index >= 15 is 0 Å². The number of para-hydroxylation sites is 1. The predicted molar refractivity (Wildman–Crippen MR) is 131 cm³/mol. The molecule has 3 N–H and O–H groups in total. The van der Waals surface area contributed by atoms with Crippen LogP contribution in [0.3, 0.4) is 0 Å². The molecule has 1 unspecified atom stereocenters. The Labute approximate surface area is 203 Å². The number of aryl methyl sites for hydroxylation is 1. The molecule has 0 bridgehead atoms. The maximum Gasteiger partial charge on any atom is 0.325 e. The van der Waals surface area contributed by atoms with E-state index in [9.17, 15) is 19.2 Å². The van der Waals surface area contributed by atoms with Gasteiger partial charge in [0.25, 0.3) is 11.8 Å². The lowest BCUT2D eigenvalue weighted by molar-refractivity contribution is -0.133. The third-order valence-electron chi connectivity index (χ3n) is 5.95. The van der Waals surface area contributed by atoms with Crippen LogP contribution in [0.1, 0.15) is 34.0 Å². The van der Waals surface area contributed by atoms with Gasteiger partial charge < -0.3 is 16.0 Å². The molecule has 3 aromatic carbocycles.